The first kappa shape index (κ1) is 27.9. The molecule has 0 aliphatic heterocycles. The molecule has 0 heterocycles. The van der Waals surface area contributed by atoms with Gasteiger partial charge in [0.1, 0.15) is 5.75 Å². The van der Waals surface area contributed by atoms with Crippen LogP contribution in [0.5, 0.6) is 5.75 Å². The van der Waals surface area contributed by atoms with Crippen molar-refractivity contribution in [3.8, 4) is 28.0 Å². The number of ether oxygens (including phenoxy) is 1. The molecular formula is C34H43NO3. The lowest BCUT2D eigenvalue weighted by Crippen LogP contribution is -2.33. The summed E-state index contributed by atoms with van der Waals surface area (Å²) >= 11 is 0. The van der Waals surface area contributed by atoms with Gasteiger partial charge >= 0.3 is 5.97 Å². The smallest absolute Gasteiger partial charge is 0.335 e. The first-order valence-electron chi connectivity index (χ1n) is 14.0. The third-order valence-corrected chi connectivity index (χ3v) is 7.99. The number of nitrogens with one attached hydrogen (secondary N) is 1. The largest absolute Gasteiger partial charge is 0.493 e. The molecule has 3 aromatic rings. The molecule has 0 saturated carbocycles. The highest BCUT2D eigenvalue weighted by Gasteiger charge is 2.37. The molecule has 0 fully saturated rings. The lowest BCUT2D eigenvalue weighted by molar-refractivity contribution is 0.0697. The Morgan fingerprint density at radius 1 is 0.842 bits per heavy atom. The number of carbonyl (C=O) groups is 1. The Hall–Kier alpha value is -3.11. The minimum absolute atomic E-state index is 0.121. The van der Waals surface area contributed by atoms with Crippen molar-refractivity contribution in [1.82, 2.24) is 5.32 Å². The van der Waals surface area contributed by atoms with E-state index < -0.39 is 5.97 Å². The maximum Gasteiger partial charge on any atom is 0.335 e. The molecule has 2 N–H and O–H groups in total. The van der Waals surface area contributed by atoms with Gasteiger partial charge in [-0.15, -0.1) is 0 Å². The van der Waals surface area contributed by atoms with Crippen molar-refractivity contribution >= 4 is 5.97 Å². The number of carboxylic acids is 1. The van der Waals surface area contributed by atoms with E-state index in [1.807, 2.05) is 12.1 Å². The van der Waals surface area contributed by atoms with Gasteiger partial charge in [0.05, 0.1) is 12.2 Å². The zero-order valence-electron chi connectivity index (χ0n) is 23.9. The Morgan fingerprint density at radius 2 is 1.47 bits per heavy atom. The minimum atomic E-state index is -0.913. The summed E-state index contributed by atoms with van der Waals surface area (Å²) in [7, 11) is 0. The molecule has 1 aliphatic carbocycles. The Kier molecular flexibility index (Phi) is 8.32. The van der Waals surface area contributed by atoms with Crippen LogP contribution in [0.1, 0.15) is 88.7 Å². The Labute approximate surface area is 228 Å². The number of fused-ring (bicyclic) bond motifs is 1. The first-order chi connectivity index (χ1) is 18.0. The van der Waals surface area contributed by atoms with E-state index in [1.54, 1.807) is 12.1 Å². The summed E-state index contributed by atoms with van der Waals surface area (Å²) in [5, 5.41) is 12.8. The minimum Gasteiger partial charge on any atom is -0.493 e. The number of hydrogen-bond donors (Lipinski definition) is 2. The SMILES string of the molecule is CC(C)NCCCCOc1ccc(-c2ccc(C(=O)O)cc2)cc1-c1ccc2c(c1)C(C)(C)CCC2(C)C. The summed E-state index contributed by atoms with van der Waals surface area (Å²) in [5.74, 6) is -0.0234. The topological polar surface area (TPSA) is 58.6 Å². The molecule has 0 spiro atoms. The fraction of sp³-hybridized carbons (Fsp3) is 0.441. The molecule has 202 valence electrons. The van der Waals surface area contributed by atoms with Gasteiger partial charge in [0.2, 0.25) is 0 Å². The number of rotatable bonds is 10. The van der Waals surface area contributed by atoms with Crippen molar-refractivity contribution in [3.05, 3.63) is 77.4 Å². The van der Waals surface area contributed by atoms with E-state index in [0.717, 1.165) is 47.4 Å². The number of unbranched alkanes of at least 4 members (excludes halogenated alkanes) is 1. The molecule has 0 saturated heterocycles. The van der Waals surface area contributed by atoms with E-state index in [1.165, 1.54) is 24.0 Å². The molecule has 3 aromatic carbocycles. The van der Waals surface area contributed by atoms with Crippen LogP contribution in [0.2, 0.25) is 0 Å². The molecule has 4 nitrogen and oxygen atoms in total. The van der Waals surface area contributed by atoms with E-state index in [2.05, 4.69) is 83.3 Å². The second-order valence-electron chi connectivity index (χ2n) is 12.3. The molecule has 0 atom stereocenters. The summed E-state index contributed by atoms with van der Waals surface area (Å²) in [4.78, 5) is 11.3. The number of aromatic carboxylic acids is 1. The summed E-state index contributed by atoms with van der Waals surface area (Å²) in [6.07, 6.45) is 4.42. The van der Waals surface area contributed by atoms with Crippen molar-refractivity contribution in [2.24, 2.45) is 0 Å². The van der Waals surface area contributed by atoms with Gasteiger partial charge in [0, 0.05) is 11.6 Å². The lowest BCUT2D eigenvalue weighted by atomic mass is 9.63. The average Bonchev–Trinajstić information content (AvgIpc) is 2.88. The molecule has 0 bridgehead atoms. The summed E-state index contributed by atoms with van der Waals surface area (Å²) in [6.45, 7) is 15.4. The lowest BCUT2D eigenvalue weighted by Gasteiger charge is -2.42. The molecule has 0 unspecified atom stereocenters. The Morgan fingerprint density at radius 3 is 2.13 bits per heavy atom. The molecule has 38 heavy (non-hydrogen) atoms. The second-order valence-corrected chi connectivity index (χ2v) is 12.3. The van der Waals surface area contributed by atoms with E-state index >= 15 is 0 Å². The van der Waals surface area contributed by atoms with Crippen LogP contribution in [-0.4, -0.2) is 30.3 Å². The molecular weight excluding hydrogens is 470 g/mol. The number of carboxylic acid groups (broad SMARTS) is 1. The van der Waals surface area contributed by atoms with Crippen LogP contribution in [0.15, 0.2) is 60.7 Å². The quantitative estimate of drug-likeness (QED) is 0.268. The van der Waals surface area contributed by atoms with E-state index in [-0.39, 0.29) is 10.8 Å². The first-order valence-corrected chi connectivity index (χ1v) is 14.0. The van der Waals surface area contributed by atoms with Gasteiger partial charge in [-0.2, -0.15) is 0 Å². The van der Waals surface area contributed by atoms with E-state index in [4.69, 9.17) is 4.74 Å². The third kappa shape index (κ3) is 6.30. The Bertz CT molecular complexity index is 1270. The number of benzene rings is 3. The maximum absolute atomic E-state index is 11.3. The molecule has 4 rings (SSSR count). The molecule has 0 aromatic heterocycles. The van der Waals surface area contributed by atoms with E-state index in [0.29, 0.717) is 18.2 Å². The van der Waals surface area contributed by atoms with Gasteiger partial charge in [-0.1, -0.05) is 77.9 Å². The average molecular weight is 514 g/mol. The van der Waals surface area contributed by atoms with Crippen molar-refractivity contribution < 1.29 is 14.6 Å². The maximum atomic E-state index is 11.3. The van der Waals surface area contributed by atoms with Crippen LogP contribution in [-0.2, 0) is 10.8 Å². The summed E-state index contributed by atoms with van der Waals surface area (Å²) in [6, 6.07) is 20.8. The Balaban J connectivity index is 1.69. The molecule has 0 amide bonds. The zero-order chi connectivity index (χ0) is 27.5. The fourth-order valence-corrected chi connectivity index (χ4v) is 5.42. The van der Waals surface area contributed by atoms with Crippen LogP contribution >= 0.6 is 0 Å². The summed E-state index contributed by atoms with van der Waals surface area (Å²) in [5.41, 5.74) is 7.72. The van der Waals surface area contributed by atoms with Gasteiger partial charge in [0.25, 0.3) is 0 Å². The predicted octanol–water partition coefficient (Wildman–Crippen LogP) is 8.22. The molecule has 0 radical (unpaired) electrons. The van der Waals surface area contributed by atoms with Crippen molar-refractivity contribution in [2.45, 2.75) is 84.1 Å². The van der Waals surface area contributed by atoms with Gasteiger partial charge < -0.3 is 15.2 Å². The highest BCUT2D eigenvalue weighted by atomic mass is 16.5. The van der Waals surface area contributed by atoms with Crippen LogP contribution < -0.4 is 10.1 Å². The van der Waals surface area contributed by atoms with Crippen LogP contribution in [0.25, 0.3) is 22.3 Å². The van der Waals surface area contributed by atoms with E-state index in [9.17, 15) is 9.90 Å². The zero-order valence-corrected chi connectivity index (χ0v) is 23.9. The van der Waals surface area contributed by atoms with Crippen LogP contribution in [0, 0.1) is 0 Å². The van der Waals surface area contributed by atoms with Crippen LogP contribution in [0.4, 0.5) is 0 Å². The van der Waals surface area contributed by atoms with Gasteiger partial charge in [-0.3, -0.25) is 0 Å². The number of hydrogen-bond acceptors (Lipinski definition) is 3. The monoisotopic (exact) mass is 513 g/mol. The fourth-order valence-electron chi connectivity index (χ4n) is 5.42. The van der Waals surface area contributed by atoms with Gasteiger partial charge in [-0.25, -0.2) is 4.79 Å². The second kappa shape index (κ2) is 11.3. The highest BCUT2D eigenvalue weighted by Crippen LogP contribution is 2.47. The third-order valence-electron chi connectivity index (χ3n) is 7.99. The van der Waals surface area contributed by atoms with Crippen molar-refractivity contribution in [1.29, 1.82) is 0 Å². The highest BCUT2D eigenvalue weighted by molar-refractivity contribution is 5.88. The standard InChI is InChI=1S/C34H43NO3/c1-23(2)35-19-7-8-20-38-31-16-14-26(24-9-11-25(12-10-24)32(36)37)21-28(31)27-13-15-29-30(22-27)34(5,6)18-17-33(29,3)4/h9-16,21-23,35H,7-8,17-20H2,1-6H3,(H,36,37). The predicted molar refractivity (Wildman–Crippen MR) is 157 cm³/mol. The molecule has 4 heteroatoms. The normalized spacial score (nSPS) is 15.8. The summed E-state index contributed by atoms with van der Waals surface area (Å²) < 4.78 is 6.37. The van der Waals surface area contributed by atoms with Crippen molar-refractivity contribution in [3.63, 3.8) is 0 Å². The van der Waals surface area contributed by atoms with Gasteiger partial charge in [-0.05, 0) is 95.1 Å². The van der Waals surface area contributed by atoms with Gasteiger partial charge in [0.15, 0.2) is 0 Å². The van der Waals surface area contributed by atoms with Crippen molar-refractivity contribution in [2.75, 3.05) is 13.2 Å². The molecule has 1 aliphatic rings. The van der Waals surface area contributed by atoms with Crippen LogP contribution in [0.3, 0.4) is 0 Å².